The Morgan fingerprint density at radius 2 is 1.57 bits per heavy atom. The van der Waals surface area contributed by atoms with E-state index in [0.717, 1.165) is 44.1 Å². The van der Waals surface area contributed by atoms with Gasteiger partial charge in [0.25, 0.3) is 0 Å². The minimum absolute atomic E-state index is 0. The van der Waals surface area contributed by atoms with Crippen molar-refractivity contribution >= 4 is 24.8 Å². The van der Waals surface area contributed by atoms with E-state index in [2.05, 4.69) is 36.2 Å². The van der Waals surface area contributed by atoms with Gasteiger partial charge < -0.3 is 14.8 Å². The first kappa shape index (κ1) is 22.3. The summed E-state index contributed by atoms with van der Waals surface area (Å²) in [5.74, 6) is 2.33. The SMILES string of the molecule is CCC(C)[C@@H](c1cc(OC)cc(OC)c1)N1CCNCC1.Cl.Cl. The molecule has 0 aromatic heterocycles. The summed E-state index contributed by atoms with van der Waals surface area (Å²) in [7, 11) is 3.42. The second-order valence-corrected chi connectivity index (χ2v) is 5.76. The maximum Gasteiger partial charge on any atom is 0.122 e. The largest absolute Gasteiger partial charge is 0.497 e. The highest BCUT2D eigenvalue weighted by Gasteiger charge is 2.27. The van der Waals surface area contributed by atoms with E-state index in [4.69, 9.17) is 9.47 Å². The van der Waals surface area contributed by atoms with Crippen LogP contribution in [-0.2, 0) is 0 Å². The molecule has 0 radical (unpaired) electrons. The van der Waals surface area contributed by atoms with Gasteiger partial charge in [0.2, 0.25) is 0 Å². The van der Waals surface area contributed by atoms with E-state index in [1.165, 1.54) is 5.56 Å². The summed E-state index contributed by atoms with van der Waals surface area (Å²) >= 11 is 0. The lowest BCUT2D eigenvalue weighted by Crippen LogP contribution is -2.46. The highest BCUT2D eigenvalue weighted by atomic mass is 35.5. The monoisotopic (exact) mass is 364 g/mol. The lowest BCUT2D eigenvalue weighted by atomic mass is 9.90. The fourth-order valence-electron chi connectivity index (χ4n) is 3.08. The second kappa shape index (κ2) is 11.0. The van der Waals surface area contributed by atoms with Crippen molar-refractivity contribution in [1.29, 1.82) is 0 Å². The van der Waals surface area contributed by atoms with Crippen molar-refractivity contribution in [3.63, 3.8) is 0 Å². The molecule has 6 heteroatoms. The Bertz CT molecular complexity index is 432. The molecule has 1 aromatic rings. The zero-order valence-corrected chi connectivity index (χ0v) is 16.1. The van der Waals surface area contributed by atoms with Gasteiger partial charge in [-0.3, -0.25) is 4.90 Å². The van der Waals surface area contributed by atoms with Gasteiger partial charge in [-0.1, -0.05) is 20.3 Å². The van der Waals surface area contributed by atoms with Crippen LogP contribution in [0.4, 0.5) is 0 Å². The fraction of sp³-hybridized carbons (Fsp3) is 0.647. The molecule has 134 valence electrons. The first-order chi connectivity index (χ1) is 10.2. The van der Waals surface area contributed by atoms with E-state index in [1.807, 2.05) is 6.07 Å². The number of piperazine rings is 1. The van der Waals surface area contributed by atoms with Crippen molar-refractivity contribution in [2.24, 2.45) is 5.92 Å². The molecule has 1 N–H and O–H groups in total. The third-order valence-corrected chi connectivity index (χ3v) is 4.44. The van der Waals surface area contributed by atoms with Crippen LogP contribution in [0.15, 0.2) is 18.2 Å². The van der Waals surface area contributed by atoms with Crippen molar-refractivity contribution in [3.8, 4) is 11.5 Å². The van der Waals surface area contributed by atoms with E-state index in [9.17, 15) is 0 Å². The molecule has 1 saturated heterocycles. The van der Waals surface area contributed by atoms with Gasteiger partial charge in [0.05, 0.1) is 14.2 Å². The number of hydrogen-bond donors (Lipinski definition) is 1. The second-order valence-electron chi connectivity index (χ2n) is 5.76. The van der Waals surface area contributed by atoms with Crippen molar-refractivity contribution in [1.82, 2.24) is 10.2 Å². The normalized spacial score (nSPS) is 17.4. The van der Waals surface area contributed by atoms with Crippen molar-refractivity contribution in [2.75, 3.05) is 40.4 Å². The average Bonchev–Trinajstić information content (AvgIpc) is 2.55. The smallest absolute Gasteiger partial charge is 0.122 e. The van der Waals surface area contributed by atoms with Crippen LogP contribution in [-0.4, -0.2) is 45.3 Å². The summed E-state index contributed by atoms with van der Waals surface area (Å²) in [6, 6.07) is 6.67. The molecule has 1 aliphatic rings. The Morgan fingerprint density at radius 1 is 1.04 bits per heavy atom. The van der Waals surface area contributed by atoms with Gasteiger partial charge in [0.1, 0.15) is 11.5 Å². The van der Waals surface area contributed by atoms with E-state index in [0.29, 0.717) is 12.0 Å². The molecule has 0 bridgehead atoms. The molecule has 0 aliphatic carbocycles. The Kier molecular flexibility index (Phi) is 10.7. The summed E-state index contributed by atoms with van der Waals surface area (Å²) in [5.41, 5.74) is 1.29. The summed E-state index contributed by atoms with van der Waals surface area (Å²) < 4.78 is 10.9. The molecular weight excluding hydrogens is 335 g/mol. The average molecular weight is 365 g/mol. The molecule has 0 amide bonds. The molecule has 2 atom stereocenters. The molecule has 1 heterocycles. The van der Waals surface area contributed by atoms with Crippen LogP contribution >= 0.6 is 24.8 Å². The van der Waals surface area contributed by atoms with Gasteiger partial charge in [-0.25, -0.2) is 0 Å². The van der Waals surface area contributed by atoms with Crippen LogP contribution in [0.25, 0.3) is 0 Å². The number of nitrogens with one attached hydrogen (secondary N) is 1. The third kappa shape index (κ3) is 5.71. The first-order valence-corrected chi connectivity index (χ1v) is 7.87. The minimum atomic E-state index is 0. The maximum absolute atomic E-state index is 5.44. The number of methoxy groups -OCH3 is 2. The molecule has 0 spiro atoms. The van der Waals surface area contributed by atoms with Crippen LogP contribution in [0.3, 0.4) is 0 Å². The first-order valence-electron chi connectivity index (χ1n) is 7.87. The zero-order chi connectivity index (χ0) is 15.2. The predicted molar refractivity (Wildman–Crippen MR) is 101 cm³/mol. The van der Waals surface area contributed by atoms with E-state index >= 15 is 0 Å². The van der Waals surface area contributed by atoms with E-state index in [1.54, 1.807) is 14.2 Å². The fourth-order valence-corrected chi connectivity index (χ4v) is 3.08. The number of ether oxygens (including phenoxy) is 2. The summed E-state index contributed by atoms with van der Waals surface area (Å²) in [5, 5.41) is 3.43. The zero-order valence-electron chi connectivity index (χ0n) is 14.5. The van der Waals surface area contributed by atoms with Gasteiger partial charge in [-0.15, -0.1) is 24.8 Å². The molecule has 1 unspecified atom stereocenters. The van der Waals surface area contributed by atoms with Crippen LogP contribution in [0.5, 0.6) is 11.5 Å². The number of nitrogens with zero attached hydrogens (tertiary/aromatic N) is 1. The maximum atomic E-state index is 5.44. The van der Waals surface area contributed by atoms with Crippen molar-refractivity contribution in [3.05, 3.63) is 23.8 Å². The number of benzene rings is 1. The molecule has 1 fully saturated rings. The topological polar surface area (TPSA) is 33.7 Å². The van der Waals surface area contributed by atoms with Crippen LogP contribution in [0, 0.1) is 5.92 Å². The molecule has 1 aromatic carbocycles. The number of rotatable bonds is 6. The molecule has 23 heavy (non-hydrogen) atoms. The Labute approximate surface area is 152 Å². The quantitative estimate of drug-likeness (QED) is 0.836. The Morgan fingerprint density at radius 3 is 2.00 bits per heavy atom. The van der Waals surface area contributed by atoms with Gasteiger partial charge in [-0.05, 0) is 23.6 Å². The van der Waals surface area contributed by atoms with Gasteiger partial charge in [-0.2, -0.15) is 0 Å². The summed E-state index contributed by atoms with van der Waals surface area (Å²) in [6.45, 7) is 8.90. The van der Waals surface area contributed by atoms with Crippen molar-refractivity contribution in [2.45, 2.75) is 26.3 Å². The summed E-state index contributed by atoms with van der Waals surface area (Å²) in [4.78, 5) is 2.58. The molecule has 0 saturated carbocycles. The lowest BCUT2D eigenvalue weighted by Gasteiger charge is -2.38. The lowest BCUT2D eigenvalue weighted by molar-refractivity contribution is 0.128. The Balaban J connectivity index is 0.00000242. The molecular formula is C17H30Cl2N2O2. The highest BCUT2D eigenvalue weighted by Crippen LogP contribution is 2.35. The minimum Gasteiger partial charge on any atom is -0.497 e. The predicted octanol–water partition coefficient (Wildman–Crippen LogP) is 3.54. The highest BCUT2D eigenvalue weighted by molar-refractivity contribution is 5.85. The molecule has 1 aliphatic heterocycles. The van der Waals surface area contributed by atoms with E-state index < -0.39 is 0 Å². The van der Waals surface area contributed by atoms with Crippen LogP contribution in [0.2, 0.25) is 0 Å². The third-order valence-electron chi connectivity index (χ3n) is 4.44. The van der Waals surface area contributed by atoms with Gasteiger partial charge in [0, 0.05) is 38.3 Å². The molecule has 2 rings (SSSR count). The van der Waals surface area contributed by atoms with Crippen LogP contribution in [0.1, 0.15) is 31.9 Å². The van der Waals surface area contributed by atoms with Crippen LogP contribution < -0.4 is 14.8 Å². The Hall–Kier alpha value is -0.680. The van der Waals surface area contributed by atoms with Crippen molar-refractivity contribution < 1.29 is 9.47 Å². The van der Waals surface area contributed by atoms with Gasteiger partial charge in [0.15, 0.2) is 0 Å². The number of hydrogen-bond acceptors (Lipinski definition) is 4. The standard InChI is InChI=1S/C17H28N2O2.2ClH/c1-5-13(2)17(19-8-6-18-7-9-19)14-10-15(20-3)12-16(11-14)21-4;;/h10-13,17-18H,5-9H2,1-4H3;2*1H/t13?,17-;;/m0../s1. The number of halogens is 2. The van der Waals surface area contributed by atoms with Gasteiger partial charge >= 0.3 is 0 Å². The van der Waals surface area contributed by atoms with E-state index in [-0.39, 0.29) is 24.8 Å². The summed E-state index contributed by atoms with van der Waals surface area (Å²) in [6.07, 6.45) is 1.16. The molecule has 4 nitrogen and oxygen atoms in total.